The molecule has 2 aromatic rings. The quantitative estimate of drug-likeness (QED) is 0.756. The van der Waals surface area contributed by atoms with Gasteiger partial charge in [-0.05, 0) is 13.1 Å². The monoisotopic (exact) mass is 194 g/mol. The van der Waals surface area contributed by atoms with E-state index in [1.165, 1.54) is 0 Å². The van der Waals surface area contributed by atoms with Crippen molar-refractivity contribution in [3.63, 3.8) is 0 Å². The van der Waals surface area contributed by atoms with Crippen LogP contribution >= 0.6 is 11.6 Å². The van der Waals surface area contributed by atoms with Crippen molar-refractivity contribution >= 4 is 22.5 Å². The predicted octanol–water partition coefficient (Wildman–Crippen LogP) is 2.54. The minimum Gasteiger partial charge on any atom is -0.356 e. The topological polar surface area (TPSA) is 27.8 Å². The van der Waals surface area contributed by atoms with Crippen LogP contribution in [0.2, 0.25) is 5.02 Å². The average Bonchev–Trinajstić information content (AvgIpc) is 2.46. The zero-order valence-corrected chi connectivity index (χ0v) is 8.15. The lowest BCUT2D eigenvalue weighted by Crippen LogP contribution is -2.05. The zero-order chi connectivity index (χ0) is 9.26. The van der Waals surface area contributed by atoms with Crippen molar-refractivity contribution in [3.8, 4) is 0 Å². The van der Waals surface area contributed by atoms with Crippen LogP contribution in [0.1, 0.15) is 5.69 Å². The molecule has 0 radical (unpaired) electrons. The number of benzene rings is 1. The molecule has 13 heavy (non-hydrogen) atoms. The molecule has 68 valence electrons. The van der Waals surface area contributed by atoms with Gasteiger partial charge in [-0.3, -0.25) is 0 Å². The molecular weight excluding hydrogens is 184 g/mol. The van der Waals surface area contributed by atoms with Crippen LogP contribution in [-0.4, -0.2) is 12.0 Å². The average molecular weight is 195 g/mol. The summed E-state index contributed by atoms with van der Waals surface area (Å²) in [4.78, 5) is 3.27. The number of hydrogen-bond acceptors (Lipinski definition) is 1. The molecule has 0 saturated heterocycles. The molecule has 1 aromatic heterocycles. The second-order valence-electron chi connectivity index (χ2n) is 2.99. The van der Waals surface area contributed by atoms with Gasteiger partial charge in [-0.25, -0.2) is 0 Å². The van der Waals surface area contributed by atoms with Gasteiger partial charge in [0.05, 0.1) is 5.02 Å². The van der Waals surface area contributed by atoms with Gasteiger partial charge in [-0.15, -0.1) is 0 Å². The fraction of sp³-hybridized carbons (Fsp3) is 0.200. The summed E-state index contributed by atoms with van der Waals surface area (Å²) >= 11 is 6.16. The Morgan fingerprint density at radius 1 is 1.38 bits per heavy atom. The molecule has 0 aliphatic rings. The number of H-pyrrole nitrogens is 1. The second kappa shape index (κ2) is 3.40. The van der Waals surface area contributed by atoms with E-state index in [1.807, 2.05) is 31.3 Å². The van der Waals surface area contributed by atoms with Gasteiger partial charge in [0.25, 0.3) is 0 Å². The van der Waals surface area contributed by atoms with Crippen LogP contribution in [0.25, 0.3) is 10.9 Å². The first-order valence-corrected chi connectivity index (χ1v) is 4.60. The largest absolute Gasteiger partial charge is 0.356 e. The number of nitrogens with one attached hydrogen (secondary N) is 2. The van der Waals surface area contributed by atoms with E-state index in [2.05, 4.69) is 10.3 Å². The van der Waals surface area contributed by atoms with E-state index < -0.39 is 0 Å². The first kappa shape index (κ1) is 8.60. The lowest BCUT2D eigenvalue weighted by atomic mass is 10.2. The Balaban J connectivity index is 2.60. The summed E-state index contributed by atoms with van der Waals surface area (Å²) in [6.45, 7) is 0.771. The molecule has 0 amide bonds. The molecule has 0 aliphatic heterocycles. The smallest absolute Gasteiger partial charge is 0.0705 e. The summed E-state index contributed by atoms with van der Waals surface area (Å²) in [6, 6.07) is 8.04. The fourth-order valence-corrected chi connectivity index (χ4v) is 1.74. The first-order valence-electron chi connectivity index (χ1n) is 4.22. The maximum absolute atomic E-state index is 6.16. The Morgan fingerprint density at radius 2 is 2.15 bits per heavy atom. The minimum absolute atomic E-state index is 0.771. The number of halogens is 1. The van der Waals surface area contributed by atoms with Gasteiger partial charge < -0.3 is 10.3 Å². The number of fused-ring (bicyclic) bond motifs is 1. The molecule has 0 unspecified atom stereocenters. The lowest BCUT2D eigenvalue weighted by Gasteiger charge is -1.94. The van der Waals surface area contributed by atoms with Crippen LogP contribution < -0.4 is 5.32 Å². The second-order valence-corrected chi connectivity index (χ2v) is 3.37. The molecule has 0 spiro atoms. The molecular formula is C10H11ClN2. The lowest BCUT2D eigenvalue weighted by molar-refractivity contribution is 0.800. The maximum Gasteiger partial charge on any atom is 0.0705 e. The van der Waals surface area contributed by atoms with Crippen LogP contribution in [-0.2, 0) is 6.54 Å². The molecule has 0 fully saturated rings. The normalized spacial score (nSPS) is 10.9. The van der Waals surface area contributed by atoms with Crippen molar-refractivity contribution in [1.82, 2.24) is 10.3 Å². The van der Waals surface area contributed by atoms with Crippen LogP contribution in [0, 0.1) is 0 Å². The number of para-hydroxylation sites is 1. The van der Waals surface area contributed by atoms with Crippen molar-refractivity contribution in [1.29, 1.82) is 0 Å². The Morgan fingerprint density at radius 3 is 2.85 bits per heavy atom. The highest BCUT2D eigenvalue weighted by atomic mass is 35.5. The highest BCUT2D eigenvalue weighted by Gasteiger charge is 2.06. The van der Waals surface area contributed by atoms with Crippen LogP contribution in [0.3, 0.4) is 0 Å². The highest BCUT2D eigenvalue weighted by molar-refractivity contribution is 6.36. The van der Waals surface area contributed by atoms with Crippen molar-refractivity contribution in [2.45, 2.75) is 6.54 Å². The summed E-state index contributed by atoms with van der Waals surface area (Å²) in [5.74, 6) is 0. The van der Waals surface area contributed by atoms with Gasteiger partial charge >= 0.3 is 0 Å². The molecule has 0 saturated carbocycles. The molecule has 0 atom stereocenters. The van der Waals surface area contributed by atoms with Crippen LogP contribution in [0.5, 0.6) is 0 Å². The molecule has 0 aliphatic carbocycles. The van der Waals surface area contributed by atoms with Gasteiger partial charge in [0.1, 0.15) is 0 Å². The molecule has 2 rings (SSSR count). The summed E-state index contributed by atoms with van der Waals surface area (Å²) in [7, 11) is 1.90. The number of rotatable bonds is 2. The van der Waals surface area contributed by atoms with E-state index in [-0.39, 0.29) is 0 Å². The van der Waals surface area contributed by atoms with E-state index in [0.29, 0.717) is 0 Å². The van der Waals surface area contributed by atoms with E-state index >= 15 is 0 Å². The number of hydrogen-bond donors (Lipinski definition) is 2. The van der Waals surface area contributed by atoms with Gasteiger partial charge in [-0.1, -0.05) is 29.8 Å². The third-order valence-electron chi connectivity index (χ3n) is 2.07. The molecule has 1 aromatic carbocycles. The van der Waals surface area contributed by atoms with Crippen LogP contribution in [0.4, 0.5) is 0 Å². The van der Waals surface area contributed by atoms with Crippen molar-refractivity contribution in [2.24, 2.45) is 0 Å². The first-order chi connectivity index (χ1) is 6.33. The molecule has 1 heterocycles. The Labute approximate surface area is 81.9 Å². The summed E-state index contributed by atoms with van der Waals surface area (Å²) in [6.07, 6.45) is 0. The predicted molar refractivity (Wildman–Crippen MR) is 56.1 cm³/mol. The molecule has 2 N–H and O–H groups in total. The van der Waals surface area contributed by atoms with E-state index in [9.17, 15) is 0 Å². The Hall–Kier alpha value is -0.990. The van der Waals surface area contributed by atoms with E-state index in [1.54, 1.807) is 0 Å². The van der Waals surface area contributed by atoms with E-state index in [4.69, 9.17) is 11.6 Å². The van der Waals surface area contributed by atoms with Crippen molar-refractivity contribution in [3.05, 3.63) is 35.0 Å². The van der Waals surface area contributed by atoms with Gasteiger partial charge in [0.2, 0.25) is 0 Å². The number of aromatic amines is 1. The minimum atomic E-state index is 0.771. The zero-order valence-electron chi connectivity index (χ0n) is 7.39. The summed E-state index contributed by atoms with van der Waals surface area (Å²) in [5.41, 5.74) is 2.14. The standard InChI is InChI=1S/C10H11ClN2/c1-12-6-9-10(11)7-4-2-3-5-8(7)13-9/h2-5,12-13H,6H2,1H3. The molecule has 3 heteroatoms. The van der Waals surface area contributed by atoms with Crippen molar-refractivity contribution < 1.29 is 0 Å². The Kier molecular flexibility index (Phi) is 2.25. The SMILES string of the molecule is CNCc1[nH]c2ccccc2c1Cl. The van der Waals surface area contributed by atoms with Crippen molar-refractivity contribution in [2.75, 3.05) is 7.05 Å². The van der Waals surface area contributed by atoms with Gasteiger partial charge in [0.15, 0.2) is 0 Å². The fourth-order valence-electron chi connectivity index (χ4n) is 1.46. The molecule has 2 nitrogen and oxygen atoms in total. The van der Waals surface area contributed by atoms with Crippen LogP contribution in [0.15, 0.2) is 24.3 Å². The summed E-state index contributed by atoms with van der Waals surface area (Å²) in [5, 5.41) is 4.99. The highest BCUT2D eigenvalue weighted by Crippen LogP contribution is 2.26. The maximum atomic E-state index is 6.16. The van der Waals surface area contributed by atoms with Gasteiger partial charge in [0, 0.05) is 23.1 Å². The molecule has 0 bridgehead atoms. The number of aromatic nitrogens is 1. The summed E-state index contributed by atoms with van der Waals surface area (Å²) < 4.78 is 0. The Bertz CT molecular complexity index is 420. The van der Waals surface area contributed by atoms with Gasteiger partial charge in [-0.2, -0.15) is 0 Å². The van der Waals surface area contributed by atoms with E-state index in [0.717, 1.165) is 28.2 Å². The third-order valence-corrected chi connectivity index (χ3v) is 2.50. The third kappa shape index (κ3) is 1.43.